The van der Waals surface area contributed by atoms with Crippen molar-refractivity contribution >= 4 is 18.3 Å². The Hall–Kier alpha value is -2.02. The second-order valence-corrected chi connectivity index (χ2v) is 4.28. The molecule has 1 heterocycles. The van der Waals surface area contributed by atoms with Crippen LogP contribution in [0.4, 0.5) is 13.2 Å². The van der Waals surface area contributed by atoms with Gasteiger partial charge in [-0.15, -0.1) is 12.4 Å². The topological polar surface area (TPSA) is 57.8 Å². The second kappa shape index (κ2) is 6.62. The van der Waals surface area contributed by atoms with Crippen molar-refractivity contribution in [1.29, 1.82) is 0 Å². The van der Waals surface area contributed by atoms with Crippen molar-refractivity contribution in [3.63, 3.8) is 0 Å². The highest BCUT2D eigenvalue weighted by Gasteiger charge is 2.31. The lowest BCUT2D eigenvalue weighted by molar-refractivity contribution is -0.137. The van der Waals surface area contributed by atoms with Gasteiger partial charge in [0.05, 0.1) is 29.8 Å². The summed E-state index contributed by atoms with van der Waals surface area (Å²) in [7, 11) is 0. The number of amides is 1. The molecule has 0 saturated carbocycles. The SMILES string of the molecule is CC(NC(=O)c1cccc(C(F)(F)F)c1)c1cnc[nH]1.Cl. The van der Waals surface area contributed by atoms with Crippen LogP contribution in [0, 0.1) is 0 Å². The number of carbonyl (C=O) groups is 1. The fourth-order valence-corrected chi connectivity index (χ4v) is 1.70. The Morgan fingerprint density at radius 3 is 2.67 bits per heavy atom. The lowest BCUT2D eigenvalue weighted by atomic mass is 10.1. The van der Waals surface area contributed by atoms with E-state index in [1.165, 1.54) is 24.7 Å². The van der Waals surface area contributed by atoms with Gasteiger partial charge in [0.15, 0.2) is 0 Å². The number of halogens is 4. The van der Waals surface area contributed by atoms with Crippen LogP contribution in [-0.2, 0) is 6.18 Å². The highest BCUT2D eigenvalue weighted by atomic mass is 35.5. The maximum Gasteiger partial charge on any atom is 0.416 e. The van der Waals surface area contributed by atoms with Gasteiger partial charge < -0.3 is 10.3 Å². The van der Waals surface area contributed by atoms with E-state index in [1.807, 2.05) is 0 Å². The van der Waals surface area contributed by atoms with Crippen molar-refractivity contribution < 1.29 is 18.0 Å². The summed E-state index contributed by atoms with van der Waals surface area (Å²) < 4.78 is 37.7. The van der Waals surface area contributed by atoms with Crippen LogP contribution in [0.3, 0.4) is 0 Å². The lowest BCUT2D eigenvalue weighted by Gasteiger charge is -2.13. The predicted molar refractivity (Wildman–Crippen MR) is 73.2 cm³/mol. The fraction of sp³-hybridized carbons (Fsp3) is 0.231. The predicted octanol–water partition coefficient (Wildman–Crippen LogP) is 3.34. The van der Waals surface area contributed by atoms with Crippen LogP contribution in [0.15, 0.2) is 36.8 Å². The van der Waals surface area contributed by atoms with Crippen LogP contribution in [0.1, 0.15) is 34.6 Å². The molecular weight excluding hydrogens is 307 g/mol. The fourth-order valence-electron chi connectivity index (χ4n) is 1.70. The molecule has 0 aliphatic rings. The van der Waals surface area contributed by atoms with Crippen molar-refractivity contribution in [3.05, 3.63) is 53.6 Å². The molecular formula is C13H13ClF3N3O. The van der Waals surface area contributed by atoms with Crippen LogP contribution >= 0.6 is 12.4 Å². The Morgan fingerprint density at radius 1 is 1.38 bits per heavy atom. The maximum absolute atomic E-state index is 12.6. The molecule has 1 amide bonds. The minimum absolute atomic E-state index is 0. The molecule has 1 unspecified atom stereocenters. The summed E-state index contributed by atoms with van der Waals surface area (Å²) >= 11 is 0. The van der Waals surface area contributed by atoms with Crippen LogP contribution in [0.2, 0.25) is 0 Å². The Labute approximate surface area is 125 Å². The molecule has 8 heteroatoms. The minimum atomic E-state index is -4.47. The maximum atomic E-state index is 12.6. The third kappa shape index (κ3) is 4.22. The van der Waals surface area contributed by atoms with E-state index in [9.17, 15) is 18.0 Å². The normalized spacial score (nSPS) is 12.4. The number of alkyl halides is 3. The van der Waals surface area contributed by atoms with Gasteiger partial charge in [-0.3, -0.25) is 4.79 Å². The first-order chi connectivity index (χ1) is 9.38. The van der Waals surface area contributed by atoms with Gasteiger partial charge in [-0.1, -0.05) is 6.07 Å². The number of carbonyl (C=O) groups excluding carboxylic acids is 1. The van der Waals surface area contributed by atoms with Gasteiger partial charge in [-0.05, 0) is 25.1 Å². The Balaban J connectivity index is 0.00000220. The van der Waals surface area contributed by atoms with E-state index < -0.39 is 17.6 Å². The average Bonchev–Trinajstić information content (AvgIpc) is 2.91. The standard InChI is InChI=1S/C13H12F3N3O.ClH/c1-8(11-6-17-7-18-11)19-12(20)9-3-2-4-10(5-9)13(14,15)16;/h2-8H,1H3,(H,17,18)(H,19,20);1H. The first-order valence-electron chi connectivity index (χ1n) is 5.84. The van der Waals surface area contributed by atoms with Gasteiger partial charge in [-0.2, -0.15) is 13.2 Å². The van der Waals surface area contributed by atoms with Crippen molar-refractivity contribution in [2.45, 2.75) is 19.1 Å². The van der Waals surface area contributed by atoms with Crippen LogP contribution in [0.25, 0.3) is 0 Å². The molecule has 1 atom stereocenters. The molecule has 0 aliphatic heterocycles. The molecule has 114 valence electrons. The molecule has 0 saturated heterocycles. The highest BCUT2D eigenvalue weighted by molar-refractivity contribution is 5.94. The summed E-state index contributed by atoms with van der Waals surface area (Å²) in [6, 6.07) is 3.92. The van der Waals surface area contributed by atoms with Crippen molar-refractivity contribution in [3.8, 4) is 0 Å². The summed E-state index contributed by atoms with van der Waals surface area (Å²) in [6.45, 7) is 1.71. The van der Waals surface area contributed by atoms with Crippen molar-refractivity contribution in [1.82, 2.24) is 15.3 Å². The summed E-state index contributed by atoms with van der Waals surface area (Å²) in [4.78, 5) is 18.6. The van der Waals surface area contributed by atoms with Gasteiger partial charge in [0.2, 0.25) is 0 Å². The molecule has 0 fully saturated rings. The van der Waals surface area contributed by atoms with Crippen molar-refractivity contribution in [2.75, 3.05) is 0 Å². The van der Waals surface area contributed by atoms with Crippen LogP contribution < -0.4 is 5.32 Å². The van der Waals surface area contributed by atoms with Gasteiger partial charge in [-0.25, -0.2) is 4.98 Å². The lowest BCUT2D eigenvalue weighted by Crippen LogP contribution is -2.27. The Kier molecular flexibility index (Phi) is 5.37. The monoisotopic (exact) mass is 319 g/mol. The molecule has 0 spiro atoms. The number of hydrogen-bond donors (Lipinski definition) is 2. The Morgan fingerprint density at radius 2 is 2.10 bits per heavy atom. The number of nitrogens with one attached hydrogen (secondary N) is 2. The summed E-state index contributed by atoms with van der Waals surface area (Å²) in [5.41, 5.74) is -0.212. The molecule has 0 radical (unpaired) electrons. The number of rotatable bonds is 3. The number of imidazole rings is 1. The number of aromatic nitrogens is 2. The molecule has 2 aromatic rings. The molecule has 4 nitrogen and oxygen atoms in total. The molecule has 21 heavy (non-hydrogen) atoms. The molecule has 2 rings (SSSR count). The van der Waals surface area contributed by atoms with E-state index in [1.54, 1.807) is 6.92 Å². The van der Waals surface area contributed by atoms with E-state index in [0.29, 0.717) is 5.69 Å². The van der Waals surface area contributed by atoms with Crippen molar-refractivity contribution in [2.24, 2.45) is 0 Å². The quantitative estimate of drug-likeness (QED) is 0.911. The zero-order valence-corrected chi connectivity index (χ0v) is 11.8. The van der Waals surface area contributed by atoms with E-state index in [-0.39, 0.29) is 24.0 Å². The number of aromatic amines is 1. The Bertz CT molecular complexity index is 599. The van der Waals surface area contributed by atoms with Gasteiger partial charge in [0, 0.05) is 5.56 Å². The van der Waals surface area contributed by atoms with E-state index >= 15 is 0 Å². The zero-order valence-electron chi connectivity index (χ0n) is 10.9. The number of H-pyrrole nitrogens is 1. The number of nitrogens with zero attached hydrogens (tertiary/aromatic N) is 1. The van der Waals surface area contributed by atoms with E-state index in [2.05, 4.69) is 15.3 Å². The van der Waals surface area contributed by atoms with Gasteiger partial charge in [0.25, 0.3) is 5.91 Å². The van der Waals surface area contributed by atoms with Gasteiger partial charge >= 0.3 is 6.18 Å². The molecule has 0 aliphatic carbocycles. The summed E-state index contributed by atoms with van der Waals surface area (Å²) in [6.07, 6.45) is -1.47. The van der Waals surface area contributed by atoms with Crippen LogP contribution in [-0.4, -0.2) is 15.9 Å². The number of hydrogen-bond acceptors (Lipinski definition) is 2. The average molecular weight is 320 g/mol. The largest absolute Gasteiger partial charge is 0.416 e. The molecule has 0 bridgehead atoms. The minimum Gasteiger partial charge on any atom is -0.347 e. The van der Waals surface area contributed by atoms with Gasteiger partial charge in [0.1, 0.15) is 0 Å². The number of benzene rings is 1. The molecule has 1 aromatic carbocycles. The zero-order chi connectivity index (χ0) is 14.8. The summed E-state index contributed by atoms with van der Waals surface area (Å²) in [5, 5.41) is 2.60. The summed E-state index contributed by atoms with van der Waals surface area (Å²) in [5.74, 6) is -0.571. The molecule has 2 N–H and O–H groups in total. The first-order valence-corrected chi connectivity index (χ1v) is 5.84. The van der Waals surface area contributed by atoms with E-state index in [0.717, 1.165) is 12.1 Å². The van der Waals surface area contributed by atoms with E-state index in [4.69, 9.17) is 0 Å². The second-order valence-electron chi connectivity index (χ2n) is 4.28. The van der Waals surface area contributed by atoms with Crippen LogP contribution in [0.5, 0.6) is 0 Å². The smallest absolute Gasteiger partial charge is 0.347 e. The third-order valence-electron chi connectivity index (χ3n) is 2.79. The molecule has 1 aromatic heterocycles. The first kappa shape index (κ1) is 17.0. The third-order valence-corrected chi connectivity index (χ3v) is 2.79. The highest BCUT2D eigenvalue weighted by Crippen LogP contribution is 2.29.